The molecule has 1 aliphatic rings. The van der Waals surface area contributed by atoms with Crippen molar-refractivity contribution in [2.45, 2.75) is 51.5 Å². The van der Waals surface area contributed by atoms with Crippen molar-refractivity contribution in [1.29, 1.82) is 0 Å². The van der Waals surface area contributed by atoms with Gasteiger partial charge in [0.25, 0.3) is 0 Å². The SMILES string of the molecule is CC(C)(C)c1nc(CC(=O)N[C@@]2(C)CCS(=O)(=O)C2)cs1. The van der Waals surface area contributed by atoms with Crippen LogP contribution in [-0.4, -0.2) is 36.4 Å². The molecule has 0 radical (unpaired) electrons. The van der Waals surface area contributed by atoms with E-state index in [1.54, 1.807) is 18.3 Å². The third-order valence-corrected chi connectivity index (χ3v) is 6.70. The monoisotopic (exact) mass is 330 g/mol. The van der Waals surface area contributed by atoms with E-state index in [1.807, 2.05) is 5.38 Å². The molecule has 1 fully saturated rings. The van der Waals surface area contributed by atoms with Crippen LogP contribution >= 0.6 is 11.3 Å². The number of amides is 1. The van der Waals surface area contributed by atoms with Crippen LogP contribution in [0, 0.1) is 0 Å². The molecule has 0 saturated carbocycles. The fraction of sp³-hybridized carbons (Fsp3) is 0.714. The maximum absolute atomic E-state index is 12.1. The Morgan fingerprint density at radius 2 is 2.14 bits per heavy atom. The van der Waals surface area contributed by atoms with Crippen LogP contribution in [0.2, 0.25) is 0 Å². The predicted molar refractivity (Wildman–Crippen MR) is 84.3 cm³/mol. The second-order valence-electron chi connectivity index (χ2n) is 7.02. The summed E-state index contributed by atoms with van der Waals surface area (Å²) in [6, 6.07) is 0. The van der Waals surface area contributed by atoms with E-state index >= 15 is 0 Å². The van der Waals surface area contributed by atoms with Gasteiger partial charge < -0.3 is 5.32 Å². The lowest BCUT2D eigenvalue weighted by molar-refractivity contribution is -0.122. The Labute approximate surface area is 130 Å². The van der Waals surface area contributed by atoms with Gasteiger partial charge in [0.1, 0.15) is 0 Å². The van der Waals surface area contributed by atoms with Crippen molar-refractivity contribution in [1.82, 2.24) is 10.3 Å². The largest absolute Gasteiger partial charge is 0.350 e. The Hall–Kier alpha value is -0.950. The molecular formula is C14H22N2O3S2. The average Bonchev–Trinajstić information content (AvgIpc) is 2.82. The number of hydrogen-bond donors (Lipinski definition) is 1. The van der Waals surface area contributed by atoms with Gasteiger partial charge in [-0.05, 0) is 13.3 Å². The lowest BCUT2D eigenvalue weighted by atomic mass is 9.98. The summed E-state index contributed by atoms with van der Waals surface area (Å²) < 4.78 is 23.1. The van der Waals surface area contributed by atoms with E-state index in [2.05, 4.69) is 31.1 Å². The van der Waals surface area contributed by atoms with E-state index < -0.39 is 15.4 Å². The predicted octanol–water partition coefficient (Wildman–Crippen LogP) is 1.68. The first-order valence-corrected chi connectivity index (χ1v) is 9.66. The molecule has 0 unspecified atom stereocenters. The molecule has 2 heterocycles. The van der Waals surface area contributed by atoms with E-state index in [0.717, 1.165) is 10.7 Å². The second-order valence-corrected chi connectivity index (χ2v) is 10.1. The normalized spacial score (nSPS) is 25.0. The Morgan fingerprint density at radius 1 is 1.48 bits per heavy atom. The van der Waals surface area contributed by atoms with Gasteiger partial charge in [0, 0.05) is 10.8 Å². The van der Waals surface area contributed by atoms with Crippen LogP contribution in [0.25, 0.3) is 0 Å². The zero-order chi connectivity index (χ0) is 15.9. The molecule has 0 bridgehead atoms. The molecule has 1 aromatic rings. The summed E-state index contributed by atoms with van der Waals surface area (Å²) >= 11 is 1.55. The van der Waals surface area contributed by atoms with Crippen molar-refractivity contribution < 1.29 is 13.2 Å². The number of nitrogens with zero attached hydrogens (tertiary/aromatic N) is 1. The van der Waals surface area contributed by atoms with Crippen LogP contribution in [-0.2, 0) is 26.5 Å². The van der Waals surface area contributed by atoms with Crippen molar-refractivity contribution in [3.05, 3.63) is 16.1 Å². The van der Waals surface area contributed by atoms with Crippen molar-refractivity contribution in [3.8, 4) is 0 Å². The first-order valence-electron chi connectivity index (χ1n) is 6.95. The zero-order valence-electron chi connectivity index (χ0n) is 12.9. The molecule has 0 spiro atoms. The van der Waals surface area contributed by atoms with Gasteiger partial charge in [-0.3, -0.25) is 4.79 Å². The van der Waals surface area contributed by atoms with Crippen LogP contribution < -0.4 is 5.32 Å². The highest BCUT2D eigenvalue weighted by atomic mass is 32.2. The minimum Gasteiger partial charge on any atom is -0.350 e. The molecule has 1 atom stereocenters. The molecule has 1 aliphatic heterocycles. The number of sulfone groups is 1. The van der Waals surface area contributed by atoms with Crippen molar-refractivity contribution in [2.75, 3.05) is 11.5 Å². The summed E-state index contributed by atoms with van der Waals surface area (Å²) in [5.41, 5.74) is 0.0795. The molecule has 1 aromatic heterocycles. The van der Waals surface area contributed by atoms with Crippen LogP contribution in [0.1, 0.15) is 44.8 Å². The van der Waals surface area contributed by atoms with Gasteiger partial charge in [-0.15, -0.1) is 11.3 Å². The number of thiazole rings is 1. The van der Waals surface area contributed by atoms with E-state index in [0.29, 0.717) is 6.42 Å². The van der Waals surface area contributed by atoms with Crippen molar-refractivity contribution in [2.24, 2.45) is 0 Å². The number of hydrogen-bond acceptors (Lipinski definition) is 5. The third-order valence-electron chi connectivity index (χ3n) is 3.48. The van der Waals surface area contributed by atoms with Gasteiger partial charge in [-0.1, -0.05) is 20.8 Å². The standard InChI is InChI=1S/C14H22N2O3S2/c1-13(2,3)12-15-10(8-20-12)7-11(17)16-14(4)5-6-21(18,19)9-14/h8H,5-7,9H2,1-4H3,(H,16,17)/t14-/m0/s1. The zero-order valence-corrected chi connectivity index (χ0v) is 14.5. The van der Waals surface area contributed by atoms with Crippen LogP contribution in [0.5, 0.6) is 0 Å². The van der Waals surface area contributed by atoms with E-state index in [9.17, 15) is 13.2 Å². The Bertz CT molecular complexity index is 643. The van der Waals surface area contributed by atoms with Gasteiger partial charge in [0.05, 0.1) is 34.2 Å². The Kier molecular flexibility index (Phi) is 4.19. The lowest BCUT2D eigenvalue weighted by Crippen LogP contribution is -2.47. The van der Waals surface area contributed by atoms with Gasteiger partial charge in [-0.25, -0.2) is 13.4 Å². The van der Waals surface area contributed by atoms with Crippen LogP contribution in [0.15, 0.2) is 5.38 Å². The maximum atomic E-state index is 12.1. The van der Waals surface area contributed by atoms with Gasteiger partial charge in [0.15, 0.2) is 9.84 Å². The highest BCUT2D eigenvalue weighted by Crippen LogP contribution is 2.26. The highest BCUT2D eigenvalue weighted by molar-refractivity contribution is 7.91. The van der Waals surface area contributed by atoms with Crippen molar-refractivity contribution >= 4 is 27.1 Å². The molecular weight excluding hydrogens is 308 g/mol. The molecule has 5 nitrogen and oxygen atoms in total. The molecule has 1 amide bonds. The summed E-state index contributed by atoms with van der Waals surface area (Å²) in [5, 5.41) is 5.75. The van der Waals surface area contributed by atoms with E-state index in [4.69, 9.17) is 0 Å². The molecule has 1 saturated heterocycles. The summed E-state index contributed by atoms with van der Waals surface area (Å²) in [7, 11) is -3.02. The number of nitrogens with one attached hydrogen (secondary N) is 1. The number of rotatable bonds is 3. The minimum atomic E-state index is -3.02. The maximum Gasteiger partial charge on any atom is 0.226 e. The topological polar surface area (TPSA) is 76.1 Å². The third kappa shape index (κ3) is 4.26. The molecule has 21 heavy (non-hydrogen) atoms. The fourth-order valence-electron chi connectivity index (χ4n) is 2.39. The number of aromatic nitrogens is 1. The first-order chi connectivity index (χ1) is 9.49. The summed E-state index contributed by atoms with van der Waals surface area (Å²) in [6.07, 6.45) is 0.674. The molecule has 0 aromatic carbocycles. The molecule has 0 aliphatic carbocycles. The molecule has 7 heteroatoms. The molecule has 1 N–H and O–H groups in total. The van der Waals surface area contributed by atoms with Gasteiger partial charge in [0.2, 0.25) is 5.91 Å². The van der Waals surface area contributed by atoms with E-state index in [-0.39, 0.29) is 29.2 Å². The fourth-order valence-corrected chi connectivity index (χ4v) is 5.39. The second kappa shape index (κ2) is 5.35. The first kappa shape index (κ1) is 16.4. The summed E-state index contributed by atoms with van der Waals surface area (Å²) in [6.45, 7) is 8.04. The highest BCUT2D eigenvalue weighted by Gasteiger charge is 2.39. The average molecular weight is 330 g/mol. The minimum absolute atomic E-state index is 0.0229. The molecule has 118 valence electrons. The van der Waals surface area contributed by atoms with Crippen LogP contribution in [0.3, 0.4) is 0 Å². The lowest BCUT2D eigenvalue weighted by Gasteiger charge is -2.23. The number of carbonyl (C=O) groups is 1. The molecule has 2 rings (SSSR count). The smallest absolute Gasteiger partial charge is 0.226 e. The van der Waals surface area contributed by atoms with Gasteiger partial charge >= 0.3 is 0 Å². The van der Waals surface area contributed by atoms with Crippen LogP contribution in [0.4, 0.5) is 0 Å². The van der Waals surface area contributed by atoms with Crippen molar-refractivity contribution in [3.63, 3.8) is 0 Å². The Morgan fingerprint density at radius 3 is 2.62 bits per heavy atom. The van der Waals surface area contributed by atoms with E-state index in [1.165, 1.54) is 0 Å². The number of carbonyl (C=O) groups excluding carboxylic acids is 1. The summed E-state index contributed by atoms with van der Waals surface area (Å²) in [4.78, 5) is 16.6. The quantitative estimate of drug-likeness (QED) is 0.915. The summed E-state index contributed by atoms with van der Waals surface area (Å²) in [5.74, 6) is 0.00500. The Balaban J connectivity index is 1.98. The van der Waals surface area contributed by atoms with Gasteiger partial charge in [-0.2, -0.15) is 0 Å².